The van der Waals surface area contributed by atoms with E-state index in [0.717, 1.165) is 153 Å². The van der Waals surface area contributed by atoms with Crippen molar-refractivity contribution in [2.24, 2.45) is 23.7 Å². The molecule has 14 aliphatic rings. The average molecular weight is 973 g/mol. The summed E-state index contributed by atoms with van der Waals surface area (Å²) in [7, 11) is 0. The molecule has 72 heavy (non-hydrogen) atoms. The van der Waals surface area contributed by atoms with Gasteiger partial charge in [0.2, 0.25) is 0 Å². The molecule has 4 aromatic carbocycles. The summed E-state index contributed by atoms with van der Waals surface area (Å²) in [6.45, 7) is 11.7. The second-order valence-corrected chi connectivity index (χ2v) is 22.1. The minimum absolute atomic E-state index is 0.0160. The molecule has 0 saturated carbocycles. The molecule has 2 aliphatic carbocycles. The molecule has 12 fully saturated rings. The SMILES string of the molecule is O=C(/C=C/C(=O)Oc1c(O[C@@H]2CN3CCC2CC3)ccc2c1C(=O)c1cc(O[C@@H]3CN4CCC3CC4)ccc1-2)Oc1c(O[C@@H]2CN3CCC2CC3)ccc2c1C(=O)c1cc(O[C@@H]3CN4CCC3CC4)ccc1-2. The Hall–Kier alpha value is -6.06. The van der Waals surface area contributed by atoms with Gasteiger partial charge in [-0.3, -0.25) is 29.2 Å². The molecule has 12 saturated heterocycles. The number of esters is 2. The number of hydrogen-bond acceptors (Lipinski definition) is 14. The Morgan fingerprint density at radius 1 is 0.403 bits per heavy atom. The molecule has 0 N–H and O–H groups in total. The van der Waals surface area contributed by atoms with Crippen LogP contribution in [-0.2, 0) is 9.59 Å². The van der Waals surface area contributed by atoms with E-state index in [1.807, 2.05) is 48.5 Å². The van der Waals surface area contributed by atoms with Gasteiger partial charge in [-0.25, -0.2) is 9.59 Å². The Morgan fingerprint density at radius 3 is 1.04 bits per heavy atom. The lowest BCUT2D eigenvalue weighted by atomic mass is 9.86. The number of hydrogen-bond donors (Lipinski definition) is 0. The van der Waals surface area contributed by atoms with Crippen LogP contribution in [0, 0.1) is 23.7 Å². The first kappa shape index (κ1) is 44.6. The molecular weight excluding hydrogens is 913 g/mol. The predicted octanol–water partition coefficient (Wildman–Crippen LogP) is 7.07. The molecule has 4 aromatic rings. The zero-order chi connectivity index (χ0) is 48.2. The van der Waals surface area contributed by atoms with E-state index in [9.17, 15) is 19.2 Å². The van der Waals surface area contributed by atoms with Crippen molar-refractivity contribution in [2.75, 3.05) is 78.5 Å². The normalized spacial score (nSPS) is 32.0. The van der Waals surface area contributed by atoms with E-state index >= 15 is 0 Å². The fourth-order valence-corrected chi connectivity index (χ4v) is 14.0. The molecule has 14 nitrogen and oxygen atoms in total. The van der Waals surface area contributed by atoms with E-state index in [2.05, 4.69) is 19.6 Å². The van der Waals surface area contributed by atoms with Crippen LogP contribution < -0.4 is 28.4 Å². The lowest BCUT2D eigenvalue weighted by Crippen LogP contribution is -2.52. The van der Waals surface area contributed by atoms with Crippen molar-refractivity contribution in [3.63, 3.8) is 0 Å². The monoisotopic (exact) mass is 972 g/mol. The average Bonchev–Trinajstić information content (AvgIpc) is 3.87. The summed E-state index contributed by atoms with van der Waals surface area (Å²) >= 11 is 0. The fraction of sp³-hybridized carbons (Fsp3) is 0.483. The number of carbonyl (C=O) groups excluding carboxylic acids is 4. The minimum Gasteiger partial charge on any atom is -0.489 e. The van der Waals surface area contributed by atoms with E-state index < -0.39 is 11.9 Å². The van der Waals surface area contributed by atoms with E-state index in [0.29, 0.717) is 68.9 Å². The van der Waals surface area contributed by atoms with Crippen LogP contribution in [0.5, 0.6) is 34.5 Å². The van der Waals surface area contributed by atoms with Gasteiger partial charge in [0.25, 0.3) is 0 Å². The van der Waals surface area contributed by atoms with E-state index in [-0.39, 0.29) is 58.6 Å². The van der Waals surface area contributed by atoms with E-state index in [1.54, 1.807) is 12.1 Å². The first-order valence-electron chi connectivity index (χ1n) is 26.6. The summed E-state index contributed by atoms with van der Waals surface area (Å²) in [6, 6.07) is 18.6. The van der Waals surface area contributed by atoms with E-state index in [4.69, 9.17) is 28.4 Å². The van der Waals surface area contributed by atoms with Gasteiger partial charge in [-0.05, 0) is 210 Å². The van der Waals surface area contributed by atoms with Crippen molar-refractivity contribution in [3.8, 4) is 56.8 Å². The Morgan fingerprint density at radius 2 is 0.722 bits per heavy atom. The summed E-state index contributed by atoms with van der Waals surface area (Å²) in [5.41, 5.74) is 4.13. The van der Waals surface area contributed by atoms with Crippen LogP contribution >= 0.6 is 0 Å². The summed E-state index contributed by atoms with van der Waals surface area (Å²) in [4.78, 5) is 66.9. The van der Waals surface area contributed by atoms with Gasteiger partial charge in [0.05, 0.1) is 11.1 Å². The molecule has 0 spiro atoms. The van der Waals surface area contributed by atoms with Crippen molar-refractivity contribution in [2.45, 2.75) is 75.8 Å². The third-order valence-electron chi connectivity index (χ3n) is 18.0. The molecule has 12 aliphatic heterocycles. The third kappa shape index (κ3) is 7.91. The predicted molar refractivity (Wildman–Crippen MR) is 265 cm³/mol. The van der Waals surface area contributed by atoms with Crippen LogP contribution in [0.4, 0.5) is 0 Å². The van der Waals surface area contributed by atoms with Gasteiger partial charge in [0.1, 0.15) is 35.9 Å². The molecule has 0 aromatic heterocycles. The maximum absolute atomic E-state index is 14.6. The van der Waals surface area contributed by atoms with Crippen molar-refractivity contribution < 1.29 is 47.6 Å². The molecule has 0 unspecified atom stereocenters. The number of nitrogens with zero attached hydrogens (tertiary/aromatic N) is 4. The summed E-state index contributed by atoms with van der Waals surface area (Å²) in [5.74, 6) is 1.20. The molecule has 0 amide bonds. The Labute approximate surface area is 419 Å². The van der Waals surface area contributed by atoms with Gasteiger partial charge in [0, 0.05) is 49.5 Å². The largest absolute Gasteiger partial charge is 0.489 e. The smallest absolute Gasteiger partial charge is 0.336 e. The Bertz CT molecular complexity index is 2730. The van der Waals surface area contributed by atoms with Gasteiger partial charge in [0.15, 0.2) is 34.6 Å². The lowest BCUT2D eigenvalue weighted by Gasteiger charge is -2.44. The van der Waals surface area contributed by atoms with Crippen LogP contribution in [0.3, 0.4) is 0 Å². The number of rotatable bonds is 12. The number of carbonyl (C=O) groups is 4. The van der Waals surface area contributed by atoms with Crippen molar-refractivity contribution in [1.29, 1.82) is 0 Å². The minimum atomic E-state index is -0.893. The summed E-state index contributed by atoms with van der Waals surface area (Å²) in [5, 5.41) is 0. The molecular formula is C58H60N4O10. The standard InChI is InChI=1S/C58H60N4O10/c63-51(71-57-45(69-49-31-61-23-15-35(49)16-24-61)7-5-41-39-3-1-37(27-43(39)55(65)53(41)57)67-47-29-59-19-11-33(47)12-20-59)9-10-52(64)72-58-46(70-50-32-62-25-17-36(50)18-26-62)8-6-42-40-4-2-38(28-44(40)56(66)54(42)58)68-48-30-60-21-13-34(48)14-22-60/h1-10,27-28,33-36,47-50H,11-26,29-32H2/b10-9+/t47-,48-,49-,50-/m1/s1. The number of ketones is 2. The van der Waals surface area contributed by atoms with Gasteiger partial charge in [-0.15, -0.1) is 0 Å². The fourth-order valence-electron chi connectivity index (χ4n) is 14.0. The van der Waals surface area contributed by atoms with Gasteiger partial charge in [-0.2, -0.15) is 0 Å². The van der Waals surface area contributed by atoms with Gasteiger partial charge < -0.3 is 28.4 Å². The molecule has 12 heterocycles. The highest BCUT2D eigenvalue weighted by Crippen LogP contribution is 2.50. The molecule has 8 bridgehead atoms. The lowest BCUT2D eigenvalue weighted by molar-refractivity contribution is -0.131. The maximum atomic E-state index is 14.6. The second-order valence-electron chi connectivity index (χ2n) is 22.1. The zero-order valence-electron chi connectivity index (χ0n) is 40.6. The maximum Gasteiger partial charge on any atom is 0.336 e. The van der Waals surface area contributed by atoms with Crippen molar-refractivity contribution in [3.05, 3.63) is 95.1 Å². The highest BCUT2D eigenvalue weighted by molar-refractivity contribution is 6.25. The highest BCUT2D eigenvalue weighted by atomic mass is 16.6. The van der Waals surface area contributed by atoms with Crippen LogP contribution in [-0.4, -0.2) is 146 Å². The second kappa shape index (κ2) is 17.9. The number of piperidine rings is 12. The quantitative estimate of drug-likeness (QED) is 0.0703. The van der Waals surface area contributed by atoms with Crippen molar-refractivity contribution >= 4 is 23.5 Å². The zero-order valence-corrected chi connectivity index (χ0v) is 40.6. The third-order valence-corrected chi connectivity index (χ3v) is 18.0. The van der Waals surface area contributed by atoms with Crippen LogP contribution in [0.25, 0.3) is 22.3 Å². The molecule has 0 radical (unpaired) electrons. The summed E-state index contributed by atoms with van der Waals surface area (Å²) < 4.78 is 38.8. The van der Waals surface area contributed by atoms with E-state index in [1.165, 1.54) is 0 Å². The molecule has 14 heteroatoms. The molecule has 18 rings (SSSR count). The first-order valence-corrected chi connectivity index (χ1v) is 26.6. The number of benzene rings is 4. The topological polar surface area (TPSA) is 137 Å². The van der Waals surface area contributed by atoms with Crippen LogP contribution in [0.2, 0.25) is 0 Å². The Balaban J connectivity index is 0.740. The Kier molecular flexibility index (Phi) is 11.1. The summed E-state index contributed by atoms with van der Waals surface area (Å²) in [6.07, 6.45) is 10.3. The molecule has 372 valence electrons. The van der Waals surface area contributed by atoms with Gasteiger partial charge >= 0.3 is 11.9 Å². The molecule has 4 atom stereocenters. The van der Waals surface area contributed by atoms with Gasteiger partial charge in [-0.1, -0.05) is 0 Å². The first-order chi connectivity index (χ1) is 35.2. The van der Waals surface area contributed by atoms with Crippen LogP contribution in [0.1, 0.15) is 83.2 Å². The number of ether oxygens (including phenoxy) is 6. The van der Waals surface area contributed by atoms with Crippen LogP contribution in [0.15, 0.2) is 72.8 Å². The van der Waals surface area contributed by atoms with Crippen molar-refractivity contribution in [1.82, 2.24) is 19.6 Å². The number of fused-ring (bicyclic) bond motifs is 18. The highest BCUT2D eigenvalue weighted by Gasteiger charge is 2.42.